The molecule has 1 amide bonds. The number of nitriles is 1. The van der Waals surface area contributed by atoms with E-state index in [1.165, 1.54) is 17.4 Å². The molecule has 2 heterocycles. The maximum Gasteiger partial charge on any atom is 0.256 e. The van der Waals surface area contributed by atoms with Gasteiger partial charge in [0.25, 0.3) is 5.91 Å². The lowest BCUT2D eigenvalue weighted by atomic mass is 10.1. The van der Waals surface area contributed by atoms with Crippen LogP contribution in [-0.4, -0.2) is 5.91 Å². The topological polar surface area (TPSA) is 83.1 Å². The Kier molecular flexibility index (Phi) is 4.98. The second-order valence-corrected chi connectivity index (χ2v) is 8.33. The summed E-state index contributed by atoms with van der Waals surface area (Å²) in [5.41, 5.74) is 3.94. The van der Waals surface area contributed by atoms with Crippen LogP contribution in [0.3, 0.4) is 0 Å². The fraction of sp³-hybridized carbons (Fsp3) is 0.125. The fourth-order valence-corrected chi connectivity index (χ4v) is 4.23. The predicted octanol–water partition coefficient (Wildman–Crippen LogP) is 5.57. The highest BCUT2D eigenvalue weighted by Crippen LogP contribution is 2.32. The number of benzene rings is 2. The summed E-state index contributed by atoms with van der Waals surface area (Å²) in [7, 11) is 0. The Bertz CT molecular complexity index is 1390. The number of fused-ring (bicyclic) bond motifs is 1. The Labute approximate surface area is 177 Å². The highest BCUT2D eigenvalue weighted by atomic mass is 32.1. The first-order chi connectivity index (χ1) is 14.4. The van der Waals surface area contributed by atoms with Crippen LogP contribution >= 0.6 is 11.3 Å². The Hall–Kier alpha value is -3.69. The van der Waals surface area contributed by atoms with Gasteiger partial charge in [-0.15, -0.1) is 11.3 Å². The summed E-state index contributed by atoms with van der Waals surface area (Å²) in [6.45, 7) is 5.71. The first-order valence-corrected chi connectivity index (χ1v) is 10.2. The van der Waals surface area contributed by atoms with Gasteiger partial charge in [-0.05, 0) is 50.6 Å². The van der Waals surface area contributed by atoms with Crippen molar-refractivity contribution >= 4 is 33.2 Å². The molecular weight excluding hydrogens is 396 g/mol. The highest BCUT2D eigenvalue weighted by Gasteiger charge is 2.16. The maximum atomic E-state index is 12.6. The van der Waals surface area contributed by atoms with E-state index in [-0.39, 0.29) is 11.3 Å². The normalized spacial score (nSPS) is 10.7. The quantitative estimate of drug-likeness (QED) is 0.475. The molecule has 0 unspecified atom stereocenters. The van der Waals surface area contributed by atoms with E-state index in [1.807, 2.05) is 32.9 Å². The number of thiophene rings is 1. The Morgan fingerprint density at radius 3 is 2.50 bits per heavy atom. The molecule has 2 aromatic heterocycles. The summed E-state index contributed by atoms with van der Waals surface area (Å²) >= 11 is 1.39. The summed E-state index contributed by atoms with van der Waals surface area (Å²) in [4.78, 5) is 26.1. The van der Waals surface area contributed by atoms with Crippen LogP contribution in [0.25, 0.3) is 22.3 Å². The van der Waals surface area contributed by atoms with Crippen molar-refractivity contribution in [3.05, 3.63) is 85.9 Å². The molecule has 30 heavy (non-hydrogen) atoms. The molecule has 0 aliphatic carbocycles. The van der Waals surface area contributed by atoms with Crippen LogP contribution in [0.4, 0.5) is 5.00 Å². The Morgan fingerprint density at radius 2 is 1.80 bits per heavy atom. The van der Waals surface area contributed by atoms with Crippen molar-refractivity contribution in [2.24, 2.45) is 0 Å². The lowest BCUT2D eigenvalue weighted by Crippen LogP contribution is -2.11. The number of hydrogen-bond acceptors (Lipinski definition) is 5. The summed E-state index contributed by atoms with van der Waals surface area (Å²) < 4.78 is 5.89. The predicted molar refractivity (Wildman–Crippen MR) is 119 cm³/mol. The molecule has 5 nitrogen and oxygen atoms in total. The molecule has 0 atom stereocenters. The molecule has 0 radical (unpaired) electrons. The standard InChI is InChI=1S/C24H18N2O3S/c1-13-4-9-21-18(10-13)20(27)11-22(29-21)16-5-7-17(8-6-16)23(28)26-24-19(12-25)14(2)15(3)30-24/h4-11H,1-3H3,(H,26,28). The second kappa shape index (κ2) is 7.62. The van der Waals surface area contributed by atoms with Crippen molar-refractivity contribution in [2.75, 3.05) is 5.32 Å². The Balaban J connectivity index is 1.62. The third-order valence-electron chi connectivity index (χ3n) is 5.04. The zero-order chi connectivity index (χ0) is 21.4. The van der Waals surface area contributed by atoms with Crippen LogP contribution in [-0.2, 0) is 0 Å². The minimum Gasteiger partial charge on any atom is -0.456 e. The zero-order valence-corrected chi connectivity index (χ0v) is 17.5. The van der Waals surface area contributed by atoms with Gasteiger partial charge >= 0.3 is 0 Å². The van der Waals surface area contributed by atoms with Crippen LogP contribution in [0, 0.1) is 32.1 Å². The molecule has 0 saturated carbocycles. The fourth-order valence-electron chi connectivity index (χ4n) is 3.22. The number of anilines is 1. The Morgan fingerprint density at radius 1 is 1.07 bits per heavy atom. The third kappa shape index (κ3) is 3.51. The van der Waals surface area contributed by atoms with Crippen molar-refractivity contribution < 1.29 is 9.21 Å². The number of aryl methyl sites for hydroxylation is 2. The van der Waals surface area contributed by atoms with Crippen LogP contribution in [0.1, 0.15) is 31.9 Å². The van der Waals surface area contributed by atoms with Gasteiger partial charge in [0.1, 0.15) is 22.4 Å². The van der Waals surface area contributed by atoms with Crippen LogP contribution in [0.2, 0.25) is 0 Å². The van der Waals surface area contributed by atoms with Crippen molar-refractivity contribution in [3.63, 3.8) is 0 Å². The zero-order valence-electron chi connectivity index (χ0n) is 16.7. The summed E-state index contributed by atoms with van der Waals surface area (Å²) in [6, 6.07) is 15.9. The minimum absolute atomic E-state index is 0.107. The summed E-state index contributed by atoms with van der Waals surface area (Å²) in [5, 5.41) is 13.3. The molecule has 0 saturated heterocycles. The minimum atomic E-state index is -0.297. The number of rotatable bonds is 3. The lowest BCUT2D eigenvalue weighted by Gasteiger charge is -2.06. The molecule has 2 aromatic carbocycles. The number of hydrogen-bond donors (Lipinski definition) is 1. The van der Waals surface area contributed by atoms with Crippen molar-refractivity contribution in [2.45, 2.75) is 20.8 Å². The monoisotopic (exact) mass is 414 g/mol. The molecule has 148 valence electrons. The second-order valence-electron chi connectivity index (χ2n) is 7.11. The van der Waals surface area contributed by atoms with Gasteiger partial charge in [-0.3, -0.25) is 9.59 Å². The number of amides is 1. The van der Waals surface area contributed by atoms with Crippen LogP contribution < -0.4 is 10.7 Å². The SMILES string of the molecule is Cc1ccc2oc(-c3ccc(C(=O)Nc4sc(C)c(C)c4C#N)cc3)cc(=O)c2c1. The average molecular weight is 414 g/mol. The molecule has 0 fully saturated rings. The molecular formula is C24H18N2O3S. The van der Waals surface area contributed by atoms with Crippen molar-refractivity contribution in [3.8, 4) is 17.4 Å². The van der Waals surface area contributed by atoms with Gasteiger partial charge in [0, 0.05) is 22.1 Å². The molecule has 4 rings (SSSR count). The van der Waals surface area contributed by atoms with Gasteiger partial charge < -0.3 is 9.73 Å². The molecule has 0 bridgehead atoms. The van der Waals surface area contributed by atoms with Gasteiger partial charge in [-0.2, -0.15) is 5.26 Å². The van der Waals surface area contributed by atoms with Crippen LogP contribution in [0.5, 0.6) is 0 Å². The van der Waals surface area contributed by atoms with Gasteiger partial charge in [0.2, 0.25) is 0 Å². The van der Waals surface area contributed by atoms with Gasteiger partial charge in [0.05, 0.1) is 10.9 Å². The number of carbonyl (C=O) groups excluding carboxylic acids is 1. The average Bonchev–Trinajstić information content (AvgIpc) is 3.01. The third-order valence-corrected chi connectivity index (χ3v) is 6.16. The van der Waals surface area contributed by atoms with E-state index in [2.05, 4.69) is 11.4 Å². The summed E-state index contributed by atoms with van der Waals surface area (Å²) in [6.07, 6.45) is 0. The number of nitrogens with zero attached hydrogens (tertiary/aromatic N) is 1. The van der Waals surface area contributed by atoms with Crippen LogP contribution in [0.15, 0.2) is 57.7 Å². The van der Waals surface area contributed by atoms with Gasteiger partial charge in [-0.25, -0.2) is 0 Å². The molecule has 6 heteroatoms. The van der Waals surface area contributed by atoms with E-state index >= 15 is 0 Å². The maximum absolute atomic E-state index is 12.6. The van der Waals surface area contributed by atoms with E-state index in [0.29, 0.717) is 38.4 Å². The van der Waals surface area contributed by atoms with Crippen molar-refractivity contribution in [1.29, 1.82) is 5.26 Å². The largest absolute Gasteiger partial charge is 0.456 e. The van der Waals surface area contributed by atoms with Gasteiger partial charge in [0.15, 0.2) is 5.43 Å². The number of carbonyl (C=O) groups is 1. The molecule has 4 aromatic rings. The first kappa shape index (κ1) is 19.6. The smallest absolute Gasteiger partial charge is 0.256 e. The van der Waals surface area contributed by atoms with E-state index in [4.69, 9.17) is 4.42 Å². The lowest BCUT2D eigenvalue weighted by molar-refractivity contribution is 0.102. The molecule has 0 spiro atoms. The van der Waals surface area contributed by atoms with E-state index in [0.717, 1.165) is 16.0 Å². The highest BCUT2D eigenvalue weighted by molar-refractivity contribution is 7.16. The number of nitrogens with one attached hydrogen (secondary N) is 1. The van der Waals surface area contributed by atoms with E-state index < -0.39 is 0 Å². The molecule has 0 aliphatic rings. The van der Waals surface area contributed by atoms with E-state index in [9.17, 15) is 14.9 Å². The van der Waals surface area contributed by atoms with Crippen molar-refractivity contribution in [1.82, 2.24) is 0 Å². The summed E-state index contributed by atoms with van der Waals surface area (Å²) in [5.74, 6) is 0.148. The van der Waals surface area contributed by atoms with E-state index in [1.54, 1.807) is 30.3 Å². The molecule has 0 aliphatic heterocycles. The van der Waals surface area contributed by atoms with Gasteiger partial charge in [-0.1, -0.05) is 23.8 Å². The first-order valence-electron chi connectivity index (χ1n) is 9.34. The molecule has 1 N–H and O–H groups in total.